The van der Waals surface area contributed by atoms with Crippen LogP contribution in [0.3, 0.4) is 0 Å². The molecule has 0 unspecified atom stereocenters. The Kier molecular flexibility index (Phi) is 1.55. The summed E-state index contributed by atoms with van der Waals surface area (Å²) >= 11 is 4.11. The van der Waals surface area contributed by atoms with Crippen molar-refractivity contribution in [3.05, 3.63) is 5.21 Å². The van der Waals surface area contributed by atoms with Crippen LogP contribution in [0.4, 0.5) is 0 Å². The Balaban J connectivity index is 2.32. The van der Waals surface area contributed by atoms with E-state index in [0.717, 1.165) is 0 Å². The maximum atomic E-state index is 8.68. The van der Waals surface area contributed by atoms with E-state index < -0.39 is 4.75 Å². The van der Waals surface area contributed by atoms with Gasteiger partial charge in [0, 0.05) is 0 Å². The topological polar surface area (TPSA) is 46.5 Å². The van der Waals surface area contributed by atoms with Crippen LogP contribution >= 0.6 is 11.8 Å². The van der Waals surface area contributed by atoms with Crippen LogP contribution in [0.1, 0.15) is 0 Å². The van der Waals surface area contributed by atoms with Gasteiger partial charge in [-0.1, -0.05) is 0 Å². The Morgan fingerprint density at radius 1 is 2.00 bits per heavy atom. The van der Waals surface area contributed by atoms with Crippen molar-refractivity contribution in [1.29, 1.82) is 0 Å². The normalized spacial score (nSPS) is 9.00. The Morgan fingerprint density at radius 2 is 2.00 bits per heavy atom. The molecule has 0 amide bonds. The van der Waals surface area contributed by atoms with Crippen molar-refractivity contribution < 1.29 is 5.21 Å². The summed E-state index contributed by atoms with van der Waals surface area (Å²) in [5, 5.41) is 15.8. The molecule has 4 heavy (non-hydrogen) atoms. The molecule has 0 spiro atoms. The maximum Gasteiger partial charge on any atom is -0.00776 e. The average Bonchev–Trinajstić information content (AvgIpc) is 0.811. The molecule has 0 aliphatic rings. The van der Waals surface area contributed by atoms with E-state index in [4.69, 9.17) is 10.4 Å². The zero-order valence-electron chi connectivity index (χ0n) is 1.68. The second-order valence-corrected chi connectivity index (χ2v) is 0.515. The summed E-state index contributed by atoms with van der Waals surface area (Å²) in [5.41, 5.74) is 0. The third kappa shape index (κ3) is 103. The molecule has 0 aromatic rings. The van der Waals surface area contributed by atoms with Gasteiger partial charge in [0.05, 0.1) is 0 Å². The molecule has 0 saturated carbocycles. The van der Waals surface area contributed by atoms with E-state index in [-0.39, 0.29) is 0 Å². The van der Waals surface area contributed by atoms with Crippen molar-refractivity contribution in [3.63, 3.8) is 0 Å². The smallest absolute Gasteiger partial charge is 0.00776 e. The van der Waals surface area contributed by atoms with Gasteiger partial charge in [0.25, 0.3) is 0 Å². The van der Waals surface area contributed by atoms with Crippen LogP contribution < -0.4 is 0 Å². The molecule has 26 valence electrons. The summed E-state index contributed by atoms with van der Waals surface area (Å²) in [6, 6.07) is 0. The van der Waals surface area contributed by atoms with E-state index in [1.54, 1.807) is 0 Å². The lowest BCUT2D eigenvalue weighted by atomic mass is 13.2. The standard InChI is InChI=1S/ClHNO2/c1-2(3)4/h3H/q-1. The lowest BCUT2D eigenvalue weighted by Crippen LogP contribution is -1.87. The predicted octanol–water partition coefficient (Wildman–Crippen LogP) is 0.329. The Morgan fingerprint density at radius 3 is 2.00 bits per heavy atom. The molecule has 0 aromatic carbocycles. The van der Waals surface area contributed by atoms with Gasteiger partial charge < -0.3 is 10.4 Å². The van der Waals surface area contributed by atoms with Crippen LogP contribution in [0.25, 0.3) is 0 Å². The van der Waals surface area contributed by atoms with Gasteiger partial charge in [0.15, 0.2) is 0 Å². The second-order valence-electron chi connectivity index (χ2n) is 0.226. The first kappa shape index (κ1) is 4.17. The van der Waals surface area contributed by atoms with Gasteiger partial charge in [-0.2, -0.15) is 4.75 Å². The summed E-state index contributed by atoms with van der Waals surface area (Å²) in [4.78, 5) is 0. The van der Waals surface area contributed by atoms with Gasteiger partial charge in [-0.3, -0.25) is 0 Å². The third-order valence-corrected chi connectivity index (χ3v) is 0. The zero-order valence-corrected chi connectivity index (χ0v) is 2.44. The second kappa shape index (κ2) is 1.49. The van der Waals surface area contributed by atoms with E-state index in [1.165, 1.54) is 0 Å². The highest BCUT2D eigenvalue weighted by Gasteiger charge is 1.50. The quantitative estimate of drug-likeness (QED) is 0.338. The summed E-state index contributed by atoms with van der Waals surface area (Å²) < 4.78 is -0.778. The summed E-state index contributed by atoms with van der Waals surface area (Å²) in [5.74, 6) is 0. The molecular formula is HClNO2-. The van der Waals surface area contributed by atoms with Crippen LogP contribution in [-0.2, 0) is 0 Å². The van der Waals surface area contributed by atoms with Gasteiger partial charge in [0.1, 0.15) is 0 Å². The highest BCUT2D eigenvalue weighted by atomic mass is 35.5. The van der Waals surface area contributed by atoms with E-state index in [9.17, 15) is 0 Å². The van der Waals surface area contributed by atoms with E-state index in [0.29, 0.717) is 0 Å². The molecule has 0 aliphatic carbocycles. The fourth-order valence-corrected chi connectivity index (χ4v) is 0. The van der Waals surface area contributed by atoms with Crippen LogP contribution in [-0.4, -0.2) is 9.95 Å². The molecule has 3 nitrogen and oxygen atoms in total. The fourth-order valence-electron chi connectivity index (χ4n) is 0. The van der Waals surface area contributed by atoms with Crippen molar-refractivity contribution in [3.8, 4) is 0 Å². The van der Waals surface area contributed by atoms with Crippen molar-refractivity contribution in [2.45, 2.75) is 0 Å². The molecule has 0 heterocycles. The number of nitrogens with zero attached hydrogens (tertiary/aromatic N) is 1. The maximum absolute atomic E-state index is 8.68. The lowest BCUT2D eigenvalue weighted by molar-refractivity contribution is 0.0586. The molecule has 0 fully saturated rings. The van der Waals surface area contributed by atoms with E-state index in [2.05, 4.69) is 11.8 Å². The third-order valence-electron chi connectivity index (χ3n) is 0. The highest BCUT2D eigenvalue weighted by Crippen LogP contribution is 1.73. The van der Waals surface area contributed by atoms with Crippen LogP contribution in [0.5, 0.6) is 0 Å². The average molecular weight is 82.5 g/mol. The molecule has 1 N–H and O–H groups in total. The largest absolute Gasteiger partial charge is 0.748 e. The zero-order chi connectivity index (χ0) is 3.58. The molecular weight excluding hydrogens is 81.5 g/mol. The molecule has 0 aliphatic heterocycles. The van der Waals surface area contributed by atoms with Crippen molar-refractivity contribution in [2.24, 2.45) is 0 Å². The Labute approximate surface area is 28.0 Å². The van der Waals surface area contributed by atoms with Crippen LogP contribution in [0.2, 0.25) is 0 Å². The monoisotopic (exact) mass is 82.0 g/mol. The number of rotatable bonds is 0. The Bertz CT molecular complexity index is 10.8. The van der Waals surface area contributed by atoms with Crippen LogP contribution in [0.15, 0.2) is 0 Å². The molecule has 0 aromatic heterocycles. The molecule has 0 atom stereocenters. The fraction of sp³-hybridized carbons (Fsp3) is 0. The van der Waals surface area contributed by atoms with Crippen LogP contribution in [0, 0.1) is 5.21 Å². The van der Waals surface area contributed by atoms with Crippen molar-refractivity contribution in [2.75, 3.05) is 0 Å². The predicted molar refractivity (Wildman–Crippen MR) is 12.8 cm³/mol. The summed E-state index contributed by atoms with van der Waals surface area (Å²) in [7, 11) is 0. The molecule has 0 radical (unpaired) electrons. The first-order valence-electron chi connectivity index (χ1n) is 0.552. The van der Waals surface area contributed by atoms with Gasteiger partial charge in [-0.25, -0.2) is 0 Å². The number of hydrogen-bond donors (Lipinski definition) is 1. The van der Waals surface area contributed by atoms with E-state index in [1.807, 2.05) is 0 Å². The van der Waals surface area contributed by atoms with Gasteiger partial charge in [-0.05, 0) is 11.8 Å². The summed E-state index contributed by atoms with van der Waals surface area (Å²) in [6.45, 7) is 0. The minimum atomic E-state index is -0.778. The lowest BCUT2D eigenvalue weighted by Gasteiger charge is -2.03. The number of hydrogen-bond acceptors (Lipinski definition) is 3. The van der Waals surface area contributed by atoms with Crippen molar-refractivity contribution >= 4 is 11.8 Å². The minimum absolute atomic E-state index is 0.778. The molecule has 4 heteroatoms. The van der Waals surface area contributed by atoms with Gasteiger partial charge in [0.2, 0.25) is 0 Å². The van der Waals surface area contributed by atoms with Gasteiger partial charge in [-0.15, -0.1) is 0 Å². The molecule has 0 saturated heterocycles. The molecule has 0 bridgehead atoms. The minimum Gasteiger partial charge on any atom is -0.748 e. The first-order chi connectivity index (χ1) is 1.73. The molecule has 0 rings (SSSR count). The SMILES string of the molecule is [O-]N(O)Cl. The summed E-state index contributed by atoms with van der Waals surface area (Å²) in [6.07, 6.45) is 0. The Hall–Kier alpha value is 0.170. The first-order valence-corrected chi connectivity index (χ1v) is 0.890. The van der Waals surface area contributed by atoms with Gasteiger partial charge >= 0.3 is 0 Å². The van der Waals surface area contributed by atoms with Crippen molar-refractivity contribution in [1.82, 2.24) is 4.75 Å². The highest BCUT2D eigenvalue weighted by molar-refractivity contribution is 6.12. The van der Waals surface area contributed by atoms with E-state index >= 15 is 0 Å². The number of halogens is 1.